The van der Waals surface area contributed by atoms with Crippen molar-refractivity contribution in [3.05, 3.63) is 30.1 Å². The highest BCUT2D eigenvalue weighted by Gasteiger charge is 2.28. The number of esters is 1. The van der Waals surface area contributed by atoms with Crippen LogP contribution in [0.2, 0.25) is 0 Å². The first kappa shape index (κ1) is 17.8. The molecule has 0 N–H and O–H groups in total. The van der Waals surface area contributed by atoms with Crippen LogP contribution in [0.3, 0.4) is 0 Å². The average molecular weight is 339 g/mol. The summed E-state index contributed by atoms with van der Waals surface area (Å²) in [5.41, 5.74) is 0. The van der Waals surface area contributed by atoms with Gasteiger partial charge in [-0.05, 0) is 44.0 Å². The molecule has 6 heteroatoms. The first-order valence-electron chi connectivity index (χ1n) is 7.93. The molecule has 0 bridgehead atoms. The van der Waals surface area contributed by atoms with Gasteiger partial charge < -0.3 is 9.64 Å². The van der Waals surface area contributed by atoms with E-state index in [-0.39, 0.29) is 23.6 Å². The number of carbonyl (C=O) groups is 2. The van der Waals surface area contributed by atoms with Crippen molar-refractivity contribution < 1.29 is 18.7 Å². The lowest BCUT2D eigenvalue weighted by atomic mass is 9.98. The summed E-state index contributed by atoms with van der Waals surface area (Å²) >= 11 is 1.53. The fraction of sp³-hybridized carbons (Fsp3) is 0.529. The molecule has 1 heterocycles. The van der Waals surface area contributed by atoms with Crippen LogP contribution in [0.5, 0.6) is 0 Å². The first-order valence-corrected chi connectivity index (χ1v) is 8.91. The van der Waals surface area contributed by atoms with Crippen LogP contribution in [0.1, 0.15) is 26.2 Å². The highest BCUT2D eigenvalue weighted by Crippen LogP contribution is 2.22. The van der Waals surface area contributed by atoms with Gasteiger partial charge in [0.05, 0.1) is 12.5 Å². The maximum atomic E-state index is 12.8. The van der Waals surface area contributed by atoms with E-state index in [0.29, 0.717) is 31.9 Å². The Morgan fingerprint density at radius 1 is 1.35 bits per heavy atom. The maximum absolute atomic E-state index is 12.8. The Morgan fingerprint density at radius 3 is 2.78 bits per heavy atom. The van der Waals surface area contributed by atoms with Crippen molar-refractivity contribution in [2.24, 2.45) is 5.92 Å². The lowest BCUT2D eigenvalue weighted by molar-refractivity contribution is -0.151. The van der Waals surface area contributed by atoms with Gasteiger partial charge in [-0.1, -0.05) is 0 Å². The molecule has 0 saturated carbocycles. The standard InChI is InChI=1S/C17H22FNO3S/c1-2-22-17(21)13-4-3-10-19(12-13)16(20)9-11-23-15-7-5-14(18)6-8-15/h5-8,13H,2-4,9-12H2,1H3. The monoisotopic (exact) mass is 339 g/mol. The van der Waals surface area contributed by atoms with E-state index < -0.39 is 0 Å². The molecule has 1 unspecified atom stereocenters. The number of hydrogen-bond acceptors (Lipinski definition) is 4. The molecule has 1 aromatic carbocycles. The minimum atomic E-state index is -0.260. The molecule has 0 aromatic heterocycles. The summed E-state index contributed by atoms with van der Waals surface area (Å²) in [4.78, 5) is 26.8. The number of rotatable bonds is 6. The number of amides is 1. The second-order valence-electron chi connectivity index (χ2n) is 5.48. The number of thioether (sulfide) groups is 1. The molecule has 23 heavy (non-hydrogen) atoms. The van der Waals surface area contributed by atoms with Crippen molar-refractivity contribution in [3.8, 4) is 0 Å². The number of likely N-dealkylation sites (tertiary alicyclic amines) is 1. The molecule has 0 radical (unpaired) electrons. The summed E-state index contributed by atoms with van der Waals surface area (Å²) in [6.07, 6.45) is 2.03. The molecule has 1 aliphatic heterocycles. The topological polar surface area (TPSA) is 46.6 Å². The van der Waals surface area contributed by atoms with E-state index in [2.05, 4.69) is 0 Å². The van der Waals surface area contributed by atoms with E-state index in [4.69, 9.17) is 4.74 Å². The van der Waals surface area contributed by atoms with Crippen molar-refractivity contribution >= 4 is 23.6 Å². The Hall–Kier alpha value is -1.56. The third kappa shape index (κ3) is 5.53. The average Bonchev–Trinajstić information content (AvgIpc) is 2.57. The Kier molecular flexibility index (Phi) is 6.89. The summed E-state index contributed by atoms with van der Waals surface area (Å²) < 4.78 is 17.9. The quantitative estimate of drug-likeness (QED) is 0.590. The molecule has 1 saturated heterocycles. The Morgan fingerprint density at radius 2 is 2.09 bits per heavy atom. The van der Waals surface area contributed by atoms with E-state index in [0.717, 1.165) is 17.7 Å². The van der Waals surface area contributed by atoms with Crippen molar-refractivity contribution in [2.75, 3.05) is 25.4 Å². The van der Waals surface area contributed by atoms with Crippen molar-refractivity contribution in [3.63, 3.8) is 0 Å². The smallest absolute Gasteiger partial charge is 0.310 e. The highest BCUT2D eigenvalue weighted by atomic mass is 32.2. The van der Waals surface area contributed by atoms with Crippen molar-refractivity contribution in [2.45, 2.75) is 31.1 Å². The van der Waals surface area contributed by atoms with Crippen molar-refractivity contribution in [1.29, 1.82) is 0 Å². The van der Waals surface area contributed by atoms with Gasteiger partial charge in [-0.3, -0.25) is 9.59 Å². The van der Waals surface area contributed by atoms with Crippen LogP contribution in [0.25, 0.3) is 0 Å². The number of nitrogens with zero attached hydrogens (tertiary/aromatic N) is 1. The summed E-state index contributed by atoms with van der Waals surface area (Å²) in [7, 11) is 0. The van der Waals surface area contributed by atoms with Gasteiger partial charge in [0.2, 0.25) is 5.91 Å². The third-order valence-electron chi connectivity index (χ3n) is 3.79. The van der Waals surface area contributed by atoms with E-state index in [1.165, 1.54) is 23.9 Å². The predicted molar refractivity (Wildman–Crippen MR) is 87.7 cm³/mol. The molecule has 0 aliphatic carbocycles. The largest absolute Gasteiger partial charge is 0.466 e. The van der Waals surface area contributed by atoms with Crippen LogP contribution in [-0.4, -0.2) is 42.2 Å². The number of halogens is 1. The van der Waals surface area contributed by atoms with Crippen LogP contribution in [0.4, 0.5) is 4.39 Å². The van der Waals surface area contributed by atoms with E-state index in [1.54, 1.807) is 24.0 Å². The number of piperidine rings is 1. The molecule has 1 atom stereocenters. The highest BCUT2D eigenvalue weighted by molar-refractivity contribution is 7.99. The summed E-state index contributed by atoms with van der Waals surface area (Å²) in [6.45, 7) is 3.32. The lowest BCUT2D eigenvalue weighted by Crippen LogP contribution is -2.42. The van der Waals surface area contributed by atoms with Crippen LogP contribution >= 0.6 is 11.8 Å². The SMILES string of the molecule is CCOC(=O)C1CCCN(C(=O)CCSc2ccc(F)cc2)C1. The Bertz CT molecular complexity index is 535. The van der Waals surface area contributed by atoms with Crippen LogP contribution in [-0.2, 0) is 14.3 Å². The summed E-state index contributed by atoms with van der Waals surface area (Å²) in [5.74, 6) is 0.0471. The van der Waals surface area contributed by atoms with E-state index in [1.807, 2.05) is 0 Å². The Balaban J connectivity index is 1.76. The molecule has 0 spiro atoms. The second-order valence-corrected chi connectivity index (χ2v) is 6.65. The molecule has 1 aromatic rings. The van der Waals surface area contributed by atoms with Gasteiger partial charge in [0, 0.05) is 30.2 Å². The molecular weight excluding hydrogens is 317 g/mol. The number of carbonyl (C=O) groups excluding carboxylic acids is 2. The maximum Gasteiger partial charge on any atom is 0.310 e. The van der Waals surface area contributed by atoms with Crippen LogP contribution in [0, 0.1) is 11.7 Å². The van der Waals surface area contributed by atoms with Crippen molar-refractivity contribution in [1.82, 2.24) is 4.90 Å². The summed E-state index contributed by atoms with van der Waals surface area (Å²) in [5, 5.41) is 0. The number of hydrogen-bond donors (Lipinski definition) is 0. The zero-order chi connectivity index (χ0) is 16.7. The fourth-order valence-electron chi connectivity index (χ4n) is 2.60. The first-order chi connectivity index (χ1) is 11.1. The predicted octanol–water partition coefficient (Wildman–Crippen LogP) is 3.11. The molecule has 1 amide bonds. The normalized spacial score (nSPS) is 17.8. The van der Waals surface area contributed by atoms with E-state index in [9.17, 15) is 14.0 Å². The molecule has 126 valence electrons. The van der Waals surface area contributed by atoms with Gasteiger partial charge >= 0.3 is 5.97 Å². The van der Waals surface area contributed by atoms with Crippen LogP contribution in [0.15, 0.2) is 29.2 Å². The Labute approximate surface area is 140 Å². The van der Waals surface area contributed by atoms with Gasteiger partial charge in [0.25, 0.3) is 0 Å². The van der Waals surface area contributed by atoms with Gasteiger partial charge in [-0.25, -0.2) is 4.39 Å². The minimum absolute atomic E-state index is 0.0635. The van der Waals surface area contributed by atoms with Gasteiger partial charge in [-0.15, -0.1) is 11.8 Å². The number of benzene rings is 1. The van der Waals surface area contributed by atoms with Gasteiger partial charge in [-0.2, -0.15) is 0 Å². The van der Waals surface area contributed by atoms with Gasteiger partial charge in [0.1, 0.15) is 5.82 Å². The molecular formula is C17H22FNO3S. The molecule has 2 rings (SSSR count). The summed E-state index contributed by atoms with van der Waals surface area (Å²) in [6, 6.07) is 6.25. The lowest BCUT2D eigenvalue weighted by Gasteiger charge is -2.31. The zero-order valence-corrected chi connectivity index (χ0v) is 14.1. The molecule has 1 aliphatic rings. The molecule has 4 nitrogen and oxygen atoms in total. The van der Waals surface area contributed by atoms with Crippen LogP contribution < -0.4 is 0 Å². The molecule has 1 fully saturated rings. The number of ether oxygens (including phenoxy) is 1. The van der Waals surface area contributed by atoms with Gasteiger partial charge in [0.15, 0.2) is 0 Å². The minimum Gasteiger partial charge on any atom is -0.466 e. The zero-order valence-electron chi connectivity index (χ0n) is 13.3. The fourth-order valence-corrected chi connectivity index (χ4v) is 3.44. The second kappa shape index (κ2) is 8.91. The third-order valence-corrected chi connectivity index (χ3v) is 4.81. The van der Waals surface area contributed by atoms with E-state index >= 15 is 0 Å².